The number of rotatable bonds is 4. The van der Waals surface area contributed by atoms with Crippen molar-refractivity contribution in [1.82, 2.24) is 16.0 Å². The van der Waals surface area contributed by atoms with Crippen LogP contribution in [-0.2, 0) is 0 Å². The molecule has 0 saturated heterocycles. The fourth-order valence-corrected chi connectivity index (χ4v) is 10.8. The van der Waals surface area contributed by atoms with Crippen molar-refractivity contribution in [2.24, 2.45) is 46.3 Å². The van der Waals surface area contributed by atoms with E-state index in [-0.39, 0.29) is 17.0 Å². The number of thiocarbonyl (C=S) groups is 2. The van der Waals surface area contributed by atoms with Crippen LogP contribution in [0.25, 0.3) is 0 Å². The molecule has 1 atom stereocenters. The highest BCUT2D eigenvalue weighted by atomic mass is 32.1. The molecule has 0 amide bonds. The zero-order valence-corrected chi connectivity index (χ0v) is 20.7. The van der Waals surface area contributed by atoms with Crippen molar-refractivity contribution in [2.75, 3.05) is 0 Å². The van der Waals surface area contributed by atoms with Gasteiger partial charge in [-0.1, -0.05) is 30.5 Å². The van der Waals surface area contributed by atoms with Crippen LogP contribution >= 0.6 is 24.4 Å². The second-order valence-corrected chi connectivity index (χ2v) is 13.7. The minimum absolute atomic E-state index is 0.0576. The van der Waals surface area contributed by atoms with E-state index in [1.54, 1.807) is 0 Å². The SMILES string of the molecule is S=C(NC1=CC=CC(NC(=S)C23CC4CC(CC(C4)C2)C3)N1)C12CC3CC(CC(C3)C1)C2. The topological polar surface area (TPSA) is 36.1 Å². The summed E-state index contributed by atoms with van der Waals surface area (Å²) in [6.45, 7) is 0. The maximum atomic E-state index is 6.08. The molecule has 3 N–H and O–H groups in total. The highest BCUT2D eigenvalue weighted by Crippen LogP contribution is 2.61. The summed E-state index contributed by atoms with van der Waals surface area (Å²) in [4.78, 5) is 2.21. The molecule has 1 unspecified atom stereocenters. The molecule has 5 heteroatoms. The molecule has 0 aromatic carbocycles. The molecule has 8 saturated carbocycles. The van der Waals surface area contributed by atoms with Gasteiger partial charge < -0.3 is 16.0 Å². The van der Waals surface area contributed by atoms with Gasteiger partial charge in [-0.05, 0) is 125 Å². The lowest BCUT2D eigenvalue weighted by Gasteiger charge is -2.57. The maximum absolute atomic E-state index is 6.08. The number of hydrogen-bond acceptors (Lipinski definition) is 3. The minimum atomic E-state index is 0.0576. The molecule has 0 aromatic rings. The Morgan fingerprint density at radius 3 is 1.62 bits per heavy atom. The van der Waals surface area contributed by atoms with E-state index < -0.39 is 0 Å². The van der Waals surface area contributed by atoms with Gasteiger partial charge in [-0.3, -0.25) is 0 Å². The van der Waals surface area contributed by atoms with Crippen LogP contribution in [0.15, 0.2) is 24.0 Å². The molecular weight excluding hydrogens is 430 g/mol. The second kappa shape index (κ2) is 7.28. The van der Waals surface area contributed by atoms with Gasteiger partial charge in [0.1, 0.15) is 12.0 Å². The number of dihydropyridines is 1. The van der Waals surface area contributed by atoms with Crippen molar-refractivity contribution in [1.29, 1.82) is 0 Å². The van der Waals surface area contributed by atoms with E-state index in [0.717, 1.165) is 51.3 Å². The summed E-state index contributed by atoms with van der Waals surface area (Å²) in [5.41, 5.74) is 0.522. The van der Waals surface area contributed by atoms with Crippen molar-refractivity contribution in [3.8, 4) is 0 Å². The summed E-state index contributed by atoms with van der Waals surface area (Å²) in [7, 11) is 0. The normalized spacial score (nSPS) is 49.5. The second-order valence-electron chi connectivity index (χ2n) is 12.9. The Morgan fingerprint density at radius 2 is 1.16 bits per heavy atom. The van der Waals surface area contributed by atoms with E-state index in [1.165, 1.54) is 77.0 Å². The Kier molecular flexibility index (Phi) is 4.65. The highest BCUT2D eigenvalue weighted by molar-refractivity contribution is 7.80. The molecule has 172 valence electrons. The molecule has 1 heterocycles. The maximum Gasteiger partial charge on any atom is 0.118 e. The quantitative estimate of drug-likeness (QED) is 0.471. The van der Waals surface area contributed by atoms with Gasteiger partial charge in [-0.25, -0.2) is 0 Å². The smallest absolute Gasteiger partial charge is 0.118 e. The van der Waals surface area contributed by atoms with Gasteiger partial charge in [0, 0.05) is 10.8 Å². The van der Waals surface area contributed by atoms with Gasteiger partial charge in [0.05, 0.1) is 9.98 Å². The predicted octanol–water partition coefficient (Wildman–Crippen LogP) is 5.58. The fourth-order valence-electron chi connectivity index (χ4n) is 10.0. The van der Waals surface area contributed by atoms with Gasteiger partial charge in [-0.2, -0.15) is 0 Å². The van der Waals surface area contributed by atoms with E-state index >= 15 is 0 Å². The third kappa shape index (κ3) is 3.32. The first-order valence-electron chi connectivity index (χ1n) is 13.2. The Morgan fingerprint density at radius 1 is 0.719 bits per heavy atom. The van der Waals surface area contributed by atoms with Crippen molar-refractivity contribution in [2.45, 2.75) is 83.2 Å². The summed E-state index contributed by atoms with van der Waals surface area (Å²) in [6.07, 6.45) is 23.2. The first-order chi connectivity index (χ1) is 15.5. The lowest BCUT2D eigenvalue weighted by molar-refractivity contribution is -0.0129. The molecule has 8 fully saturated rings. The van der Waals surface area contributed by atoms with Gasteiger partial charge in [-0.15, -0.1) is 0 Å². The zero-order chi connectivity index (χ0) is 21.5. The van der Waals surface area contributed by atoms with Gasteiger partial charge in [0.25, 0.3) is 0 Å². The molecule has 9 aliphatic rings. The van der Waals surface area contributed by atoms with Gasteiger partial charge >= 0.3 is 0 Å². The number of nitrogens with one attached hydrogen (secondary N) is 3. The molecule has 32 heavy (non-hydrogen) atoms. The summed E-state index contributed by atoms with van der Waals surface area (Å²) in [6, 6.07) is 0. The fraction of sp³-hybridized carbons (Fsp3) is 0.778. The monoisotopic (exact) mass is 467 g/mol. The Labute approximate surface area is 203 Å². The van der Waals surface area contributed by atoms with Gasteiger partial charge in [0.2, 0.25) is 0 Å². The van der Waals surface area contributed by atoms with Crippen LogP contribution < -0.4 is 16.0 Å². The Balaban J connectivity index is 1.00. The average Bonchev–Trinajstić information content (AvgIpc) is 2.72. The summed E-state index contributed by atoms with van der Waals surface area (Å²) in [5, 5.41) is 11.0. The Hall–Kier alpha value is -0.940. The van der Waals surface area contributed by atoms with E-state index in [1.807, 2.05) is 0 Å². The van der Waals surface area contributed by atoms with Crippen LogP contribution in [0, 0.1) is 46.3 Å². The number of allylic oxidation sites excluding steroid dienone is 2. The minimum Gasteiger partial charge on any atom is -0.356 e. The van der Waals surface area contributed by atoms with Gasteiger partial charge in [0.15, 0.2) is 0 Å². The van der Waals surface area contributed by atoms with Crippen molar-refractivity contribution in [3.05, 3.63) is 24.0 Å². The molecule has 0 radical (unpaired) electrons. The van der Waals surface area contributed by atoms with E-state index in [4.69, 9.17) is 24.4 Å². The molecular formula is C27H37N3S2. The molecule has 0 spiro atoms. The number of hydrogen-bond donors (Lipinski definition) is 3. The van der Waals surface area contributed by atoms with E-state index in [9.17, 15) is 0 Å². The van der Waals surface area contributed by atoms with Crippen LogP contribution in [0.1, 0.15) is 77.0 Å². The molecule has 8 bridgehead atoms. The molecule has 9 rings (SSSR count). The highest BCUT2D eigenvalue weighted by Gasteiger charge is 2.54. The lowest BCUT2D eigenvalue weighted by atomic mass is 9.49. The third-order valence-electron chi connectivity index (χ3n) is 10.5. The summed E-state index contributed by atoms with van der Waals surface area (Å²) >= 11 is 12.1. The van der Waals surface area contributed by atoms with Crippen molar-refractivity contribution >= 4 is 34.4 Å². The largest absolute Gasteiger partial charge is 0.356 e. The van der Waals surface area contributed by atoms with Crippen molar-refractivity contribution < 1.29 is 0 Å². The van der Waals surface area contributed by atoms with E-state index in [0.29, 0.717) is 0 Å². The first-order valence-corrected chi connectivity index (χ1v) is 14.1. The van der Waals surface area contributed by atoms with Crippen LogP contribution in [0.5, 0.6) is 0 Å². The van der Waals surface area contributed by atoms with E-state index in [2.05, 4.69) is 34.2 Å². The lowest BCUT2D eigenvalue weighted by Crippen LogP contribution is -2.57. The zero-order valence-electron chi connectivity index (χ0n) is 19.1. The van der Waals surface area contributed by atoms with Crippen molar-refractivity contribution in [3.63, 3.8) is 0 Å². The first kappa shape index (κ1) is 20.4. The van der Waals surface area contributed by atoms with Crippen LogP contribution in [0.3, 0.4) is 0 Å². The molecule has 0 aromatic heterocycles. The predicted molar refractivity (Wildman–Crippen MR) is 137 cm³/mol. The third-order valence-corrected chi connectivity index (χ3v) is 11.5. The summed E-state index contributed by atoms with van der Waals surface area (Å²) in [5.74, 6) is 6.56. The van der Waals surface area contributed by atoms with Crippen LogP contribution in [0.4, 0.5) is 0 Å². The molecule has 1 aliphatic heterocycles. The standard InChI is InChI=1S/C27H37N3S2/c31-24(26-10-16-4-17(11-26)6-18(5-16)12-26)29-22-2-1-3-23(28-22)30-25(32)27-13-19-7-20(14-27)9-21(8-19)15-27/h1-3,16-22,28H,4-15H2,(H,29,31)(H,30,32). The molecule has 8 aliphatic carbocycles. The van der Waals surface area contributed by atoms with Crippen LogP contribution in [-0.4, -0.2) is 16.1 Å². The average molecular weight is 468 g/mol. The molecule has 3 nitrogen and oxygen atoms in total. The summed E-state index contributed by atoms with van der Waals surface area (Å²) < 4.78 is 0. The van der Waals surface area contributed by atoms with Crippen LogP contribution in [0.2, 0.25) is 0 Å². The Bertz CT molecular complexity index is 832.